The highest BCUT2D eigenvalue weighted by molar-refractivity contribution is 6.44. The number of rotatable bonds is 8. The fourth-order valence-electron chi connectivity index (χ4n) is 0.811. The Morgan fingerprint density at radius 2 is 1.36 bits per heavy atom. The number of halogens is 4. The highest BCUT2D eigenvalue weighted by Crippen LogP contribution is 2.11. The summed E-state index contributed by atoms with van der Waals surface area (Å²) in [6.45, 7) is 2.50. The minimum atomic E-state index is -0.541. The average molecular weight is 284 g/mol. The molecule has 0 heterocycles. The van der Waals surface area contributed by atoms with Gasteiger partial charge in [-0.25, -0.2) is 0 Å². The molecule has 0 saturated heterocycles. The predicted molar refractivity (Wildman–Crippen MR) is 61.6 cm³/mol. The van der Waals surface area contributed by atoms with Gasteiger partial charge in [0, 0.05) is 0 Å². The summed E-state index contributed by atoms with van der Waals surface area (Å²) in [6.07, 6.45) is 1.37. The van der Waals surface area contributed by atoms with Crippen LogP contribution in [0.1, 0.15) is 19.8 Å². The quantitative estimate of drug-likeness (QED) is 0.499. The fourth-order valence-corrected chi connectivity index (χ4v) is 1.10. The van der Waals surface area contributed by atoms with Crippen LogP contribution in [0.4, 0.5) is 0 Å². The van der Waals surface area contributed by atoms with E-state index in [4.69, 9.17) is 55.9 Å². The summed E-state index contributed by atoms with van der Waals surface area (Å²) in [5.74, 6) is 0. The third-order valence-corrected chi connectivity index (χ3v) is 1.84. The fraction of sp³-hybridized carbons (Fsp3) is 1.00. The SMILES string of the molecule is CCCC(OCC(Cl)Cl)OCC(Cl)Cl. The molecule has 0 N–H and O–H groups in total. The van der Waals surface area contributed by atoms with E-state index in [9.17, 15) is 0 Å². The first-order valence-corrected chi connectivity index (χ1v) is 6.10. The van der Waals surface area contributed by atoms with Gasteiger partial charge in [-0.3, -0.25) is 0 Å². The summed E-state index contributed by atoms with van der Waals surface area (Å²) < 4.78 is 10.6. The highest BCUT2D eigenvalue weighted by Gasteiger charge is 2.12. The largest absolute Gasteiger partial charge is 0.350 e. The first-order chi connectivity index (χ1) is 6.56. The van der Waals surface area contributed by atoms with Gasteiger partial charge in [-0.1, -0.05) is 13.3 Å². The van der Waals surface area contributed by atoms with E-state index in [1.165, 1.54) is 0 Å². The molecule has 0 aromatic heterocycles. The molecule has 0 rings (SSSR count). The Labute approximate surface area is 105 Å². The summed E-state index contributed by atoms with van der Waals surface area (Å²) in [5.41, 5.74) is 0. The number of ether oxygens (including phenoxy) is 2. The van der Waals surface area contributed by atoms with Gasteiger partial charge in [0.25, 0.3) is 0 Å². The maximum Gasteiger partial charge on any atom is 0.157 e. The number of hydrogen-bond donors (Lipinski definition) is 0. The van der Waals surface area contributed by atoms with Crippen LogP contribution in [0.25, 0.3) is 0 Å². The monoisotopic (exact) mass is 282 g/mol. The van der Waals surface area contributed by atoms with Gasteiger partial charge in [0.1, 0.15) is 9.67 Å². The lowest BCUT2D eigenvalue weighted by Crippen LogP contribution is -2.22. The zero-order valence-electron chi connectivity index (χ0n) is 7.89. The van der Waals surface area contributed by atoms with Gasteiger partial charge in [0.15, 0.2) is 6.29 Å². The smallest absolute Gasteiger partial charge is 0.157 e. The zero-order valence-corrected chi connectivity index (χ0v) is 10.9. The second-order valence-corrected chi connectivity index (χ2v) is 5.22. The molecule has 0 aliphatic rings. The lowest BCUT2D eigenvalue weighted by atomic mass is 10.3. The first-order valence-electron chi connectivity index (χ1n) is 4.35. The van der Waals surface area contributed by atoms with E-state index in [1.54, 1.807) is 0 Å². The Morgan fingerprint density at radius 1 is 0.929 bits per heavy atom. The normalized spacial score (nSPS) is 12.0. The van der Waals surface area contributed by atoms with Gasteiger partial charge in [-0.05, 0) is 6.42 Å². The molecule has 6 heteroatoms. The summed E-state index contributed by atoms with van der Waals surface area (Å²) >= 11 is 22.1. The molecule has 0 amide bonds. The molecule has 0 aliphatic carbocycles. The Bertz CT molecular complexity index is 121. The first kappa shape index (κ1) is 15.1. The van der Waals surface area contributed by atoms with Crippen LogP contribution in [-0.4, -0.2) is 29.2 Å². The Hall–Kier alpha value is 1.08. The molecule has 0 aromatic rings. The minimum Gasteiger partial charge on any atom is -0.350 e. The van der Waals surface area contributed by atoms with Crippen LogP contribution in [-0.2, 0) is 9.47 Å². The van der Waals surface area contributed by atoms with Crippen molar-refractivity contribution in [1.29, 1.82) is 0 Å². The molecule has 14 heavy (non-hydrogen) atoms. The summed E-state index contributed by atoms with van der Waals surface area (Å²) in [4.78, 5) is -1.08. The van der Waals surface area contributed by atoms with Crippen LogP contribution in [0.5, 0.6) is 0 Å². The van der Waals surface area contributed by atoms with Crippen LogP contribution in [0.15, 0.2) is 0 Å². The van der Waals surface area contributed by atoms with E-state index in [0.717, 1.165) is 12.8 Å². The molecule has 0 bridgehead atoms. The standard InChI is InChI=1S/C8H14Cl4O2/c1-2-3-8(13-4-6(9)10)14-5-7(11)12/h6-8H,2-5H2,1H3. The molecule has 0 spiro atoms. The average Bonchev–Trinajstić information content (AvgIpc) is 2.09. The van der Waals surface area contributed by atoms with Crippen molar-refractivity contribution in [1.82, 2.24) is 0 Å². The van der Waals surface area contributed by atoms with E-state index in [2.05, 4.69) is 0 Å². The van der Waals surface area contributed by atoms with Gasteiger partial charge >= 0.3 is 0 Å². The van der Waals surface area contributed by atoms with Crippen molar-refractivity contribution in [3.05, 3.63) is 0 Å². The molecule has 0 aromatic carbocycles. The summed E-state index contributed by atoms with van der Waals surface area (Å²) in [7, 11) is 0. The third-order valence-electron chi connectivity index (χ3n) is 1.34. The van der Waals surface area contributed by atoms with E-state index >= 15 is 0 Å². The van der Waals surface area contributed by atoms with Crippen LogP contribution in [0.2, 0.25) is 0 Å². The van der Waals surface area contributed by atoms with E-state index in [-0.39, 0.29) is 19.5 Å². The van der Waals surface area contributed by atoms with Crippen molar-refractivity contribution in [3.63, 3.8) is 0 Å². The van der Waals surface area contributed by atoms with E-state index in [1.807, 2.05) is 6.92 Å². The molecule has 0 atom stereocenters. The van der Waals surface area contributed by atoms with Gasteiger partial charge in [-0.2, -0.15) is 0 Å². The van der Waals surface area contributed by atoms with Gasteiger partial charge in [0.05, 0.1) is 13.2 Å². The van der Waals surface area contributed by atoms with Crippen LogP contribution in [0.3, 0.4) is 0 Å². The molecule has 0 radical (unpaired) electrons. The summed E-state index contributed by atoms with van der Waals surface area (Å²) in [6, 6.07) is 0. The van der Waals surface area contributed by atoms with Crippen molar-refractivity contribution >= 4 is 46.4 Å². The minimum absolute atomic E-state index is 0.239. The molecular formula is C8H14Cl4O2. The van der Waals surface area contributed by atoms with E-state index < -0.39 is 9.67 Å². The van der Waals surface area contributed by atoms with Gasteiger partial charge in [0.2, 0.25) is 0 Å². The van der Waals surface area contributed by atoms with Crippen molar-refractivity contribution in [2.45, 2.75) is 35.7 Å². The van der Waals surface area contributed by atoms with Crippen molar-refractivity contribution in [3.8, 4) is 0 Å². The number of alkyl halides is 4. The highest BCUT2D eigenvalue weighted by atomic mass is 35.5. The van der Waals surface area contributed by atoms with E-state index in [0.29, 0.717) is 0 Å². The molecule has 0 unspecified atom stereocenters. The number of hydrogen-bond acceptors (Lipinski definition) is 2. The lowest BCUT2D eigenvalue weighted by molar-refractivity contribution is -0.141. The Kier molecular flexibility index (Phi) is 10.0. The second kappa shape index (κ2) is 9.32. The summed E-state index contributed by atoms with van der Waals surface area (Å²) in [5, 5.41) is 0. The second-order valence-electron chi connectivity index (χ2n) is 2.67. The van der Waals surface area contributed by atoms with Crippen LogP contribution >= 0.6 is 46.4 Å². The van der Waals surface area contributed by atoms with Crippen molar-refractivity contribution < 1.29 is 9.47 Å². The third kappa shape index (κ3) is 9.63. The predicted octanol–water partition coefficient (Wildman–Crippen LogP) is 3.75. The molecular weight excluding hydrogens is 270 g/mol. The maximum atomic E-state index is 5.52. The zero-order chi connectivity index (χ0) is 11.0. The molecule has 86 valence electrons. The Morgan fingerprint density at radius 3 is 1.64 bits per heavy atom. The molecule has 0 aliphatic heterocycles. The van der Waals surface area contributed by atoms with Crippen LogP contribution in [0, 0.1) is 0 Å². The Balaban J connectivity index is 3.65. The van der Waals surface area contributed by atoms with Crippen molar-refractivity contribution in [2.75, 3.05) is 13.2 Å². The lowest BCUT2D eigenvalue weighted by Gasteiger charge is -2.18. The molecule has 0 fully saturated rings. The van der Waals surface area contributed by atoms with Crippen LogP contribution < -0.4 is 0 Å². The van der Waals surface area contributed by atoms with Crippen molar-refractivity contribution in [2.24, 2.45) is 0 Å². The van der Waals surface area contributed by atoms with Gasteiger partial charge in [-0.15, -0.1) is 46.4 Å². The van der Waals surface area contributed by atoms with Gasteiger partial charge < -0.3 is 9.47 Å². The molecule has 2 nitrogen and oxygen atoms in total. The maximum absolute atomic E-state index is 5.52. The molecule has 0 saturated carbocycles. The topological polar surface area (TPSA) is 18.5 Å².